The van der Waals surface area contributed by atoms with Crippen LogP contribution in [0.15, 0.2) is 23.0 Å². The van der Waals surface area contributed by atoms with Crippen molar-refractivity contribution in [3.63, 3.8) is 0 Å². The molecule has 0 saturated carbocycles. The number of hydrogen-bond acceptors (Lipinski definition) is 1. The molecule has 0 unspecified atom stereocenters. The Kier molecular flexibility index (Phi) is 3.50. The van der Waals surface area contributed by atoms with Gasteiger partial charge in [0.1, 0.15) is 5.82 Å². The van der Waals surface area contributed by atoms with Gasteiger partial charge < -0.3 is 4.98 Å². The molecule has 96 valence electrons. The smallest absolute Gasteiger partial charge is 0.256 e. The zero-order valence-corrected chi connectivity index (χ0v) is 11.0. The van der Waals surface area contributed by atoms with Crippen molar-refractivity contribution in [2.45, 2.75) is 39.5 Å². The fraction of sp³-hybridized carbons (Fsp3) is 0.400. The molecule has 2 rings (SSSR count). The highest BCUT2D eigenvalue weighted by Crippen LogP contribution is 2.22. The minimum Gasteiger partial charge on any atom is -0.325 e. The van der Waals surface area contributed by atoms with Gasteiger partial charge in [0.15, 0.2) is 0 Å². The van der Waals surface area contributed by atoms with Gasteiger partial charge in [-0.25, -0.2) is 4.39 Å². The third-order valence-electron chi connectivity index (χ3n) is 3.21. The zero-order valence-electron chi connectivity index (χ0n) is 11.0. The molecule has 1 N–H and O–H groups in total. The van der Waals surface area contributed by atoms with Gasteiger partial charge >= 0.3 is 0 Å². The van der Waals surface area contributed by atoms with Crippen molar-refractivity contribution in [3.8, 4) is 0 Å². The molecule has 1 heterocycles. The molecule has 3 heteroatoms. The molecule has 1 aromatic carbocycles. The summed E-state index contributed by atoms with van der Waals surface area (Å²) in [4.78, 5) is 15.0. The predicted octanol–water partition coefficient (Wildman–Crippen LogP) is 3.74. The SMILES string of the molecule is CCCc1c(F)ccc2cc(C(C)C)[nH]c(=O)c12. The average Bonchev–Trinajstić information content (AvgIpc) is 2.32. The third kappa shape index (κ3) is 2.17. The molecule has 0 aliphatic heterocycles. The highest BCUT2D eigenvalue weighted by Gasteiger charge is 2.12. The topological polar surface area (TPSA) is 32.9 Å². The molecule has 2 aromatic rings. The molecule has 0 radical (unpaired) electrons. The second-order valence-corrected chi connectivity index (χ2v) is 4.95. The van der Waals surface area contributed by atoms with E-state index >= 15 is 0 Å². The summed E-state index contributed by atoms with van der Waals surface area (Å²) in [7, 11) is 0. The summed E-state index contributed by atoms with van der Waals surface area (Å²) in [6.45, 7) is 6.02. The molecule has 0 atom stereocenters. The van der Waals surface area contributed by atoms with Crippen molar-refractivity contribution in [2.75, 3.05) is 0 Å². The minimum absolute atomic E-state index is 0.181. The van der Waals surface area contributed by atoms with E-state index in [1.54, 1.807) is 6.07 Å². The molecule has 0 bridgehead atoms. The highest BCUT2D eigenvalue weighted by atomic mass is 19.1. The molecule has 1 aromatic heterocycles. The Morgan fingerprint density at radius 1 is 1.33 bits per heavy atom. The summed E-state index contributed by atoms with van der Waals surface area (Å²) in [6, 6.07) is 5.09. The van der Waals surface area contributed by atoms with Crippen molar-refractivity contribution >= 4 is 10.8 Å². The van der Waals surface area contributed by atoms with E-state index in [2.05, 4.69) is 4.98 Å². The first-order valence-electron chi connectivity index (χ1n) is 6.39. The van der Waals surface area contributed by atoms with Crippen LogP contribution >= 0.6 is 0 Å². The second kappa shape index (κ2) is 4.92. The number of hydrogen-bond donors (Lipinski definition) is 1. The van der Waals surface area contributed by atoms with E-state index in [9.17, 15) is 9.18 Å². The molecular formula is C15H18FNO. The number of halogens is 1. The second-order valence-electron chi connectivity index (χ2n) is 4.95. The van der Waals surface area contributed by atoms with Crippen LogP contribution < -0.4 is 5.56 Å². The Bertz CT molecular complexity index is 628. The van der Waals surface area contributed by atoms with Crippen LogP contribution in [0.5, 0.6) is 0 Å². The van der Waals surface area contributed by atoms with Crippen LogP contribution in [-0.4, -0.2) is 4.98 Å². The fourth-order valence-corrected chi connectivity index (χ4v) is 2.23. The van der Waals surface area contributed by atoms with E-state index in [0.29, 0.717) is 17.4 Å². The van der Waals surface area contributed by atoms with Crippen molar-refractivity contribution in [1.82, 2.24) is 4.98 Å². The summed E-state index contributed by atoms with van der Waals surface area (Å²) in [6.07, 6.45) is 1.41. The van der Waals surface area contributed by atoms with Gasteiger partial charge in [0.2, 0.25) is 0 Å². The van der Waals surface area contributed by atoms with Gasteiger partial charge in [-0.1, -0.05) is 33.3 Å². The fourth-order valence-electron chi connectivity index (χ4n) is 2.23. The zero-order chi connectivity index (χ0) is 13.3. The predicted molar refractivity (Wildman–Crippen MR) is 72.6 cm³/mol. The van der Waals surface area contributed by atoms with Gasteiger partial charge in [-0.15, -0.1) is 0 Å². The van der Waals surface area contributed by atoms with Gasteiger partial charge in [-0.05, 0) is 29.9 Å². The Morgan fingerprint density at radius 3 is 2.67 bits per heavy atom. The summed E-state index contributed by atoms with van der Waals surface area (Å²) >= 11 is 0. The summed E-state index contributed by atoms with van der Waals surface area (Å²) in [5, 5.41) is 1.33. The van der Waals surface area contributed by atoms with E-state index in [-0.39, 0.29) is 17.3 Å². The van der Waals surface area contributed by atoms with Crippen LogP contribution in [0.2, 0.25) is 0 Å². The number of nitrogens with one attached hydrogen (secondary N) is 1. The molecule has 2 nitrogen and oxygen atoms in total. The molecule has 0 amide bonds. The number of aromatic amines is 1. The van der Waals surface area contributed by atoms with Crippen molar-refractivity contribution in [1.29, 1.82) is 0 Å². The maximum absolute atomic E-state index is 13.8. The largest absolute Gasteiger partial charge is 0.325 e. The van der Waals surface area contributed by atoms with Gasteiger partial charge in [-0.2, -0.15) is 0 Å². The average molecular weight is 247 g/mol. The number of H-pyrrole nitrogens is 1. The maximum Gasteiger partial charge on any atom is 0.256 e. The van der Waals surface area contributed by atoms with Crippen LogP contribution in [0.1, 0.15) is 44.4 Å². The molecule has 0 aliphatic rings. The van der Waals surface area contributed by atoms with Crippen LogP contribution in [0.25, 0.3) is 10.8 Å². The van der Waals surface area contributed by atoms with E-state index in [1.165, 1.54) is 6.07 Å². The molecule has 0 fully saturated rings. The Hall–Kier alpha value is -1.64. The van der Waals surface area contributed by atoms with E-state index in [4.69, 9.17) is 0 Å². The lowest BCUT2D eigenvalue weighted by Crippen LogP contribution is -2.13. The number of aromatic nitrogens is 1. The van der Waals surface area contributed by atoms with Crippen molar-refractivity contribution in [3.05, 3.63) is 45.6 Å². The van der Waals surface area contributed by atoms with Crippen LogP contribution in [0, 0.1) is 5.82 Å². The Labute approximate surface area is 106 Å². The highest BCUT2D eigenvalue weighted by molar-refractivity contribution is 5.85. The molecule has 0 spiro atoms. The van der Waals surface area contributed by atoms with Crippen LogP contribution in [-0.2, 0) is 6.42 Å². The Morgan fingerprint density at radius 2 is 2.06 bits per heavy atom. The van der Waals surface area contributed by atoms with Gasteiger partial charge in [0, 0.05) is 11.3 Å². The normalized spacial score (nSPS) is 11.4. The minimum atomic E-state index is -0.285. The van der Waals surface area contributed by atoms with Crippen molar-refractivity contribution in [2.24, 2.45) is 0 Å². The summed E-state index contributed by atoms with van der Waals surface area (Å²) in [5.41, 5.74) is 1.24. The van der Waals surface area contributed by atoms with E-state index in [0.717, 1.165) is 17.5 Å². The van der Waals surface area contributed by atoms with Gasteiger partial charge in [0.05, 0.1) is 5.39 Å². The lowest BCUT2D eigenvalue weighted by molar-refractivity contribution is 0.610. The van der Waals surface area contributed by atoms with E-state index < -0.39 is 0 Å². The number of pyridine rings is 1. The first-order chi connectivity index (χ1) is 8.54. The number of rotatable bonds is 3. The first kappa shape index (κ1) is 12.8. The van der Waals surface area contributed by atoms with Crippen molar-refractivity contribution < 1.29 is 4.39 Å². The molecular weight excluding hydrogens is 229 g/mol. The molecule has 18 heavy (non-hydrogen) atoms. The molecule has 0 aliphatic carbocycles. The summed E-state index contributed by atoms with van der Waals surface area (Å²) in [5.74, 6) is -0.0334. The first-order valence-corrected chi connectivity index (χ1v) is 6.39. The summed E-state index contributed by atoms with van der Waals surface area (Å²) < 4.78 is 13.8. The lowest BCUT2D eigenvalue weighted by Gasteiger charge is -2.10. The van der Waals surface area contributed by atoms with Gasteiger partial charge in [-0.3, -0.25) is 4.79 Å². The number of fused-ring (bicyclic) bond motifs is 1. The lowest BCUT2D eigenvalue weighted by atomic mass is 9.99. The quantitative estimate of drug-likeness (QED) is 0.880. The molecule has 0 saturated heterocycles. The van der Waals surface area contributed by atoms with Crippen LogP contribution in [0.3, 0.4) is 0 Å². The number of aryl methyl sites for hydroxylation is 1. The monoisotopic (exact) mass is 247 g/mol. The van der Waals surface area contributed by atoms with Crippen LogP contribution in [0.4, 0.5) is 4.39 Å². The standard InChI is InChI=1S/C15H18FNO/c1-4-5-11-12(16)7-6-10-8-13(9(2)3)17-15(18)14(10)11/h6-9H,4-5H2,1-3H3,(H,17,18). The van der Waals surface area contributed by atoms with Gasteiger partial charge in [0.25, 0.3) is 5.56 Å². The number of benzene rings is 1. The third-order valence-corrected chi connectivity index (χ3v) is 3.21. The maximum atomic E-state index is 13.8. The van der Waals surface area contributed by atoms with E-state index in [1.807, 2.05) is 26.8 Å². The Balaban J connectivity index is 2.78.